The van der Waals surface area contributed by atoms with Crippen molar-refractivity contribution in [2.45, 2.75) is 12.7 Å². The molecule has 7 heteroatoms. The maximum absolute atomic E-state index is 12.0. The molecular formula is C16H16N2O2S3. The zero-order valence-electron chi connectivity index (χ0n) is 12.6. The molecule has 3 aromatic rings. The second-order valence-corrected chi connectivity index (χ2v) is 7.75. The minimum Gasteiger partial charge on any atom is -0.494 e. The van der Waals surface area contributed by atoms with Gasteiger partial charge in [0.2, 0.25) is 5.91 Å². The normalized spacial score (nSPS) is 10.8. The third kappa shape index (κ3) is 4.46. The molecule has 0 spiro atoms. The molecule has 0 aliphatic carbocycles. The molecule has 0 aliphatic rings. The molecule has 4 nitrogen and oxygen atoms in total. The molecule has 0 fully saturated rings. The minimum absolute atomic E-state index is 0.0179. The Morgan fingerprint density at radius 1 is 1.39 bits per heavy atom. The van der Waals surface area contributed by atoms with Crippen LogP contribution in [0.2, 0.25) is 0 Å². The number of hydrogen-bond donors (Lipinski definition) is 1. The summed E-state index contributed by atoms with van der Waals surface area (Å²) >= 11 is 4.79. The second-order valence-electron chi connectivity index (χ2n) is 4.70. The van der Waals surface area contributed by atoms with Crippen molar-refractivity contribution in [3.05, 3.63) is 40.6 Å². The van der Waals surface area contributed by atoms with Crippen LogP contribution in [-0.2, 0) is 10.5 Å². The average Bonchev–Trinajstić information content (AvgIpc) is 3.16. The highest BCUT2D eigenvalue weighted by Crippen LogP contribution is 2.29. The Kier molecular flexibility index (Phi) is 5.53. The van der Waals surface area contributed by atoms with Gasteiger partial charge in [0.1, 0.15) is 5.75 Å². The van der Waals surface area contributed by atoms with Crippen molar-refractivity contribution in [3.8, 4) is 5.75 Å². The Morgan fingerprint density at radius 3 is 3.09 bits per heavy atom. The van der Waals surface area contributed by atoms with Crippen molar-refractivity contribution in [2.24, 2.45) is 0 Å². The molecule has 0 aliphatic heterocycles. The zero-order valence-corrected chi connectivity index (χ0v) is 15.0. The van der Waals surface area contributed by atoms with Crippen LogP contribution >= 0.6 is 34.4 Å². The molecule has 23 heavy (non-hydrogen) atoms. The molecular weight excluding hydrogens is 348 g/mol. The van der Waals surface area contributed by atoms with Crippen LogP contribution < -0.4 is 10.1 Å². The summed E-state index contributed by atoms with van der Waals surface area (Å²) in [6, 6.07) is 9.88. The molecule has 0 atom stereocenters. The largest absolute Gasteiger partial charge is 0.494 e. The lowest BCUT2D eigenvalue weighted by atomic mass is 10.3. The molecule has 1 N–H and O–H groups in total. The third-order valence-electron chi connectivity index (χ3n) is 2.97. The van der Waals surface area contributed by atoms with Crippen LogP contribution in [0.5, 0.6) is 5.75 Å². The number of nitrogens with one attached hydrogen (secondary N) is 1. The number of rotatable bonds is 7. The third-order valence-corrected chi connectivity index (χ3v) is 5.95. The molecule has 3 rings (SSSR count). The monoisotopic (exact) mass is 364 g/mol. The van der Waals surface area contributed by atoms with Gasteiger partial charge in [-0.3, -0.25) is 4.79 Å². The molecule has 120 valence electrons. The predicted molar refractivity (Wildman–Crippen MR) is 99.9 cm³/mol. The fourth-order valence-corrected chi connectivity index (χ4v) is 4.59. The Hall–Kier alpha value is -1.57. The summed E-state index contributed by atoms with van der Waals surface area (Å²) in [7, 11) is 0. The van der Waals surface area contributed by atoms with E-state index in [-0.39, 0.29) is 5.91 Å². The topological polar surface area (TPSA) is 51.2 Å². The number of carbonyl (C=O) groups is 1. The zero-order chi connectivity index (χ0) is 16.1. The summed E-state index contributed by atoms with van der Waals surface area (Å²) in [6.45, 7) is 2.59. The molecule has 0 saturated carbocycles. The lowest BCUT2D eigenvalue weighted by Gasteiger charge is -2.00. The van der Waals surface area contributed by atoms with E-state index in [2.05, 4.69) is 16.4 Å². The van der Waals surface area contributed by atoms with Crippen molar-refractivity contribution in [1.82, 2.24) is 4.98 Å². The summed E-state index contributed by atoms with van der Waals surface area (Å²) in [6.07, 6.45) is 0. The number of fused-ring (bicyclic) bond motifs is 1. The number of hydrogen-bond acceptors (Lipinski definition) is 6. The van der Waals surface area contributed by atoms with Crippen molar-refractivity contribution in [1.29, 1.82) is 0 Å². The maximum atomic E-state index is 12.0. The summed E-state index contributed by atoms with van der Waals surface area (Å²) in [5.74, 6) is 2.10. The SMILES string of the molecule is CCOc1ccc2nc(NC(=O)CSCc3cccs3)sc2c1. The molecule has 2 heterocycles. The first kappa shape index (κ1) is 16.3. The Labute approximate surface area is 146 Å². The Morgan fingerprint density at radius 2 is 2.30 bits per heavy atom. The summed E-state index contributed by atoms with van der Waals surface area (Å²) in [4.78, 5) is 17.7. The van der Waals surface area contributed by atoms with E-state index in [1.165, 1.54) is 16.2 Å². The van der Waals surface area contributed by atoms with Crippen LogP contribution in [0.4, 0.5) is 5.13 Å². The van der Waals surface area contributed by atoms with Gasteiger partial charge in [0, 0.05) is 10.6 Å². The maximum Gasteiger partial charge on any atom is 0.236 e. The Balaban J connectivity index is 1.56. The standard InChI is InChI=1S/C16H16N2O2S3/c1-2-20-11-5-6-13-14(8-11)23-16(17-13)18-15(19)10-21-9-12-4-3-7-22-12/h3-8H,2,9-10H2,1H3,(H,17,18,19). The highest BCUT2D eigenvalue weighted by molar-refractivity contribution is 7.99. The smallest absolute Gasteiger partial charge is 0.236 e. The van der Waals surface area contributed by atoms with Crippen LogP contribution in [0.1, 0.15) is 11.8 Å². The van der Waals surface area contributed by atoms with Crippen molar-refractivity contribution >= 4 is 55.7 Å². The first-order valence-corrected chi connectivity index (χ1v) is 10.0. The number of nitrogens with zero attached hydrogens (tertiary/aromatic N) is 1. The van der Waals surface area contributed by atoms with Gasteiger partial charge < -0.3 is 10.1 Å². The number of ether oxygens (including phenoxy) is 1. The molecule has 0 bridgehead atoms. The molecule has 0 radical (unpaired) electrons. The lowest BCUT2D eigenvalue weighted by molar-refractivity contribution is -0.113. The number of thioether (sulfide) groups is 1. The lowest BCUT2D eigenvalue weighted by Crippen LogP contribution is -2.13. The van der Waals surface area contributed by atoms with E-state index in [0.717, 1.165) is 21.7 Å². The van der Waals surface area contributed by atoms with Crippen LogP contribution in [0, 0.1) is 0 Å². The number of amides is 1. The van der Waals surface area contributed by atoms with Gasteiger partial charge in [0.15, 0.2) is 5.13 Å². The first-order valence-electron chi connectivity index (χ1n) is 7.18. The minimum atomic E-state index is -0.0179. The molecule has 1 aromatic carbocycles. The highest BCUT2D eigenvalue weighted by atomic mass is 32.2. The fourth-order valence-electron chi connectivity index (χ4n) is 2.01. The van der Waals surface area contributed by atoms with Gasteiger partial charge in [-0.15, -0.1) is 23.1 Å². The van der Waals surface area contributed by atoms with Gasteiger partial charge in [-0.25, -0.2) is 4.98 Å². The van der Waals surface area contributed by atoms with Gasteiger partial charge in [-0.05, 0) is 36.6 Å². The summed E-state index contributed by atoms with van der Waals surface area (Å²) in [5.41, 5.74) is 0.875. The van der Waals surface area contributed by atoms with Crippen LogP contribution in [0.25, 0.3) is 10.2 Å². The molecule has 0 saturated heterocycles. The van der Waals surface area contributed by atoms with E-state index in [4.69, 9.17) is 4.74 Å². The van der Waals surface area contributed by atoms with E-state index < -0.39 is 0 Å². The highest BCUT2D eigenvalue weighted by Gasteiger charge is 2.09. The molecule has 2 aromatic heterocycles. The summed E-state index contributed by atoms with van der Waals surface area (Å²) in [5, 5.41) is 5.56. The number of aromatic nitrogens is 1. The fraction of sp³-hybridized carbons (Fsp3) is 0.250. The van der Waals surface area contributed by atoms with E-state index in [9.17, 15) is 4.79 Å². The predicted octanol–water partition coefficient (Wildman–Crippen LogP) is 4.63. The van der Waals surface area contributed by atoms with E-state index in [0.29, 0.717) is 17.5 Å². The van der Waals surface area contributed by atoms with E-state index in [1.807, 2.05) is 36.6 Å². The number of anilines is 1. The van der Waals surface area contributed by atoms with Gasteiger partial charge in [0.05, 0.1) is 22.6 Å². The quantitative estimate of drug-likeness (QED) is 0.664. The number of thiazole rings is 1. The van der Waals surface area contributed by atoms with Gasteiger partial charge >= 0.3 is 0 Å². The molecule has 0 unspecified atom stereocenters. The number of carbonyl (C=O) groups excluding carboxylic acids is 1. The van der Waals surface area contributed by atoms with Crippen molar-refractivity contribution in [3.63, 3.8) is 0 Å². The van der Waals surface area contributed by atoms with Crippen molar-refractivity contribution in [2.75, 3.05) is 17.7 Å². The van der Waals surface area contributed by atoms with Gasteiger partial charge in [0.25, 0.3) is 0 Å². The first-order chi connectivity index (χ1) is 11.2. The van der Waals surface area contributed by atoms with Crippen LogP contribution in [-0.4, -0.2) is 23.3 Å². The van der Waals surface area contributed by atoms with Crippen molar-refractivity contribution < 1.29 is 9.53 Å². The van der Waals surface area contributed by atoms with E-state index >= 15 is 0 Å². The van der Waals surface area contributed by atoms with Gasteiger partial charge in [-0.2, -0.15) is 0 Å². The average molecular weight is 365 g/mol. The summed E-state index contributed by atoms with van der Waals surface area (Å²) < 4.78 is 6.49. The van der Waals surface area contributed by atoms with E-state index in [1.54, 1.807) is 23.1 Å². The number of benzene rings is 1. The molecule has 1 amide bonds. The second kappa shape index (κ2) is 7.81. The Bertz CT molecular complexity index is 784. The van der Waals surface area contributed by atoms with Crippen LogP contribution in [0.3, 0.4) is 0 Å². The van der Waals surface area contributed by atoms with Gasteiger partial charge in [-0.1, -0.05) is 17.4 Å². The van der Waals surface area contributed by atoms with Crippen LogP contribution in [0.15, 0.2) is 35.7 Å². The number of thiophene rings is 1.